The molecule has 9 bridgehead atoms. The quantitative estimate of drug-likeness (QED) is 0.104. The largest absolute Gasteiger partial charge is 0.458 e. The second-order valence-electron chi connectivity index (χ2n) is 22.4. The Bertz CT molecular complexity index is 1990. The number of allylic oxidation sites excluding steroid dienone is 6. The SMILES string of the molecule is C=C1CCCC2OC(CC3=CC4C(C)=CCC(C)CC(C=C(C)C(O)C5CC(O)C(O)C(CCC(O)C=CC(C)=CCCC6=NCCC(C3)C64C)O5)OC(=O)CC3CC(O)C(O3)C(O)C1)CC(O)C2O. The van der Waals surface area contributed by atoms with Crippen LogP contribution in [0.3, 0.4) is 0 Å². The van der Waals surface area contributed by atoms with Crippen molar-refractivity contribution in [2.24, 2.45) is 28.2 Å². The zero-order valence-corrected chi connectivity index (χ0v) is 42.4. The van der Waals surface area contributed by atoms with Gasteiger partial charge in [0.2, 0.25) is 0 Å². The van der Waals surface area contributed by atoms with E-state index in [1.165, 1.54) is 16.9 Å². The van der Waals surface area contributed by atoms with Gasteiger partial charge in [-0.3, -0.25) is 9.79 Å². The molecule has 0 spiro atoms. The second-order valence-corrected chi connectivity index (χ2v) is 22.4. The van der Waals surface area contributed by atoms with Gasteiger partial charge in [-0.2, -0.15) is 0 Å². The zero-order chi connectivity index (χ0) is 50.4. The summed E-state index contributed by atoms with van der Waals surface area (Å²) in [4.78, 5) is 19.1. The van der Waals surface area contributed by atoms with Gasteiger partial charge in [-0.15, -0.1) is 0 Å². The molecule has 14 nitrogen and oxygen atoms in total. The van der Waals surface area contributed by atoms with E-state index in [1.807, 2.05) is 13.0 Å². The molecule has 1 aliphatic carbocycles. The molecule has 70 heavy (non-hydrogen) atoms. The highest BCUT2D eigenvalue weighted by atomic mass is 16.6. The van der Waals surface area contributed by atoms with E-state index in [0.717, 1.165) is 43.4 Å². The number of aliphatic hydroxyl groups excluding tert-OH is 8. The van der Waals surface area contributed by atoms with Crippen LogP contribution in [0, 0.1) is 23.2 Å². The molecule has 3 saturated heterocycles. The molecule has 19 unspecified atom stereocenters. The molecule has 8 N–H and O–H groups in total. The van der Waals surface area contributed by atoms with Crippen molar-refractivity contribution in [2.75, 3.05) is 6.54 Å². The van der Waals surface area contributed by atoms with Crippen molar-refractivity contribution in [1.82, 2.24) is 0 Å². The number of rotatable bonds is 0. The first kappa shape index (κ1) is 54.9. The van der Waals surface area contributed by atoms with E-state index < -0.39 is 91.4 Å². The van der Waals surface area contributed by atoms with Crippen molar-refractivity contribution >= 4 is 11.7 Å². The second kappa shape index (κ2) is 24.4. The average molecular weight is 980 g/mol. The molecule has 19 atom stereocenters. The zero-order valence-electron chi connectivity index (χ0n) is 42.4. The monoisotopic (exact) mass is 980 g/mol. The van der Waals surface area contributed by atoms with Gasteiger partial charge < -0.3 is 59.8 Å². The van der Waals surface area contributed by atoms with Crippen molar-refractivity contribution in [3.05, 3.63) is 70.9 Å². The first-order valence-corrected chi connectivity index (χ1v) is 26.5. The number of carbonyl (C=O) groups is 1. The molecule has 6 aliphatic heterocycles. The summed E-state index contributed by atoms with van der Waals surface area (Å²) in [6.45, 7) is 15.4. The Morgan fingerprint density at radius 2 is 1.43 bits per heavy atom. The van der Waals surface area contributed by atoms with E-state index in [0.29, 0.717) is 56.4 Å². The normalized spacial score (nSPS) is 43.8. The topological polar surface area (TPSA) is 228 Å². The standard InChI is InChI=1S/C56H85NO13/c1-31-9-8-12-50-56(6)37(19-20-57-50)24-36-25-40-27-43(59)53(65)47(67-40)11-7-10-32(2)22-45(61)55-46(62)28-41(69-55)29-51(63)68-39(21-33(3)13-15-34(4)42(56)26-36)23-35(5)52(64)49-30-44(60)54(66)48(70-49)18-17-38(58)16-14-31/h9,14-16,23,26,33,37-49,52-55,58-62,64-66H,2,7-8,10-13,17-22,24-25,27-30H2,1,3-6H3. The van der Waals surface area contributed by atoms with Crippen LogP contribution in [0.25, 0.3) is 0 Å². The van der Waals surface area contributed by atoms with Gasteiger partial charge in [-0.1, -0.05) is 73.1 Å². The van der Waals surface area contributed by atoms with Crippen LogP contribution in [0.15, 0.2) is 75.9 Å². The summed E-state index contributed by atoms with van der Waals surface area (Å²) in [6.07, 6.45) is 6.63. The Labute approximate surface area is 415 Å². The number of esters is 1. The molecule has 0 amide bonds. The first-order valence-electron chi connectivity index (χ1n) is 26.5. The number of fused-ring (bicyclic) bond motifs is 10. The van der Waals surface area contributed by atoms with Gasteiger partial charge in [0.1, 0.15) is 30.5 Å². The molecule has 7 aliphatic rings. The van der Waals surface area contributed by atoms with Crippen molar-refractivity contribution in [3.8, 4) is 0 Å². The Hall–Kier alpha value is -2.86. The molecule has 3 fully saturated rings. The lowest BCUT2D eigenvalue weighted by Gasteiger charge is -2.50. The van der Waals surface area contributed by atoms with Crippen LogP contribution < -0.4 is 0 Å². The lowest BCUT2D eigenvalue weighted by molar-refractivity contribution is -0.190. The van der Waals surface area contributed by atoms with Crippen LogP contribution >= 0.6 is 0 Å². The Balaban J connectivity index is 1.24. The molecule has 6 heterocycles. The highest BCUT2D eigenvalue weighted by molar-refractivity contribution is 5.92. The summed E-state index contributed by atoms with van der Waals surface area (Å²) in [5.41, 5.74) is 5.66. The maximum Gasteiger partial charge on any atom is 0.309 e. The molecule has 7 rings (SSSR count). The number of aliphatic hydroxyl groups is 8. The molecule has 0 aromatic rings. The van der Waals surface area contributed by atoms with Crippen molar-refractivity contribution in [2.45, 2.75) is 235 Å². The minimum absolute atomic E-state index is 0.00152. The van der Waals surface area contributed by atoms with E-state index in [9.17, 15) is 45.6 Å². The minimum atomic E-state index is -1.20. The third kappa shape index (κ3) is 13.6. The third-order valence-corrected chi connectivity index (χ3v) is 16.8. The summed E-state index contributed by atoms with van der Waals surface area (Å²) < 4.78 is 25.2. The summed E-state index contributed by atoms with van der Waals surface area (Å²) in [7, 11) is 0. The Kier molecular flexibility index (Phi) is 19.2. The minimum Gasteiger partial charge on any atom is -0.458 e. The molecule has 392 valence electrons. The third-order valence-electron chi connectivity index (χ3n) is 16.8. The smallest absolute Gasteiger partial charge is 0.309 e. The van der Waals surface area contributed by atoms with Gasteiger partial charge in [-0.25, -0.2) is 0 Å². The Morgan fingerprint density at radius 3 is 2.20 bits per heavy atom. The van der Waals surface area contributed by atoms with Gasteiger partial charge in [0.05, 0.1) is 67.5 Å². The highest BCUT2D eigenvalue weighted by Crippen LogP contribution is 2.53. The number of hydrogen-bond acceptors (Lipinski definition) is 14. The van der Waals surface area contributed by atoms with Gasteiger partial charge in [0.25, 0.3) is 0 Å². The maximum absolute atomic E-state index is 13.8. The van der Waals surface area contributed by atoms with E-state index in [4.69, 9.17) is 23.9 Å². The summed E-state index contributed by atoms with van der Waals surface area (Å²) >= 11 is 0. The summed E-state index contributed by atoms with van der Waals surface area (Å²) in [5, 5.41) is 89.2. The predicted octanol–water partition coefficient (Wildman–Crippen LogP) is 5.97. The van der Waals surface area contributed by atoms with Crippen LogP contribution in [-0.2, 0) is 23.7 Å². The summed E-state index contributed by atoms with van der Waals surface area (Å²) in [6, 6.07) is 0. The number of carbonyl (C=O) groups excluding carboxylic acids is 1. The van der Waals surface area contributed by atoms with E-state index in [2.05, 4.69) is 45.6 Å². The highest BCUT2D eigenvalue weighted by Gasteiger charge is 2.49. The van der Waals surface area contributed by atoms with Crippen molar-refractivity contribution < 1.29 is 64.6 Å². The number of aliphatic imine (C=N–C) groups is 1. The van der Waals surface area contributed by atoms with Crippen molar-refractivity contribution in [1.29, 1.82) is 0 Å². The fraction of sp³-hybridized carbons (Fsp3) is 0.750. The average Bonchev–Trinajstić information content (AvgIpc) is 3.67. The van der Waals surface area contributed by atoms with Gasteiger partial charge in [0.15, 0.2) is 0 Å². The van der Waals surface area contributed by atoms with Crippen LogP contribution in [-0.4, -0.2) is 151 Å². The number of hydrogen-bond donors (Lipinski definition) is 8. The maximum atomic E-state index is 13.8. The number of nitrogens with zero attached hydrogens (tertiary/aromatic N) is 1. The fourth-order valence-electron chi connectivity index (χ4n) is 12.6. The predicted molar refractivity (Wildman–Crippen MR) is 267 cm³/mol. The van der Waals surface area contributed by atoms with Crippen LogP contribution in [0.5, 0.6) is 0 Å². The number of ether oxygens (including phenoxy) is 4. The van der Waals surface area contributed by atoms with Crippen LogP contribution in [0.1, 0.15) is 144 Å². The fourth-order valence-corrected chi connectivity index (χ4v) is 12.6. The molecule has 14 heteroatoms. The molecule has 0 aromatic carbocycles. The van der Waals surface area contributed by atoms with Crippen LogP contribution in [0.2, 0.25) is 0 Å². The van der Waals surface area contributed by atoms with Crippen molar-refractivity contribution in [3.63, 3.8) is 0 Å². The molecular weight excluding hydrogens is 895 g/mol. The molecule has 0 aromatic heterocycles. The summed E-state index contributed by atoms with van der Waals surface area (Å²) in [5.74, 6) is -0.212. The van der Waals surface area contributed by atoms with Gasteiger partial charge in [-0.05, 0) is 128 Å². The van der Waals surface area contributed by atoms with E-state index in [-0.39, 0.29) is 61.9 Å². The lowest BCUT2D eigenvalue weighted by Crippen LogP contribution is -2.51. The van der Waals surface area contributed by atoms with Gasteiger partial charge in [0, 0.05) is 42.9 Å². The molecule has 0 saturated carbocycles. The lowest BCUT2D eigenvalue weighted by atomic mass is 9.55. The van der Waals surface area contributed by atoms with Gasteiger partial charge >= 0.3 is 5.97 Å². The van der Waals surface area contributed by atoms with Crippen LogP contribution in [0.4, 0.5) is 0 Å². The molecular formula is C56H85NO13. The van der Waals surface area contributed by atoms with E-state index >= 15 is 0 Å². The Morgan fingerprint density at radius 1 is 0.714 bits per heavy atom. The van der Waals surface area contributed by atoms with E-state index in [1.54, 1.807) is 19.1 Å². The molecule has 0 radical (unpaired) electrons. The first-order chi connectivity index (χ1) is 33.3.